The predicted molar refractivity (Wildman–Crippen MR) is 88.9 cm³/mol. The van der Waals surface area contributed by atoms with Gasteiger partial charge in [0, 0.05) is 23.5 Å². The molecule has 3 heterocycles. The summed E-state index contributed by atoms with van der Waals surface area (Å²) in [5.74, 6) is 0.855. The second kappa shape index (κ2) is 5.99. The Morgan fingerprint density at radius 2 is 2.00 bits per heavy atom. The third-order valence-corrected chi connectivity index (χ3v) is 3.94. The number of benzene rings is 1. The van der Waals surface area contributed by atoms with E-state index in [9.17, 15) is 9.90 Å². The van der Waals surface area contributed by atoms with Gasteiger partial charge in [0.15, 0.2) is 5.82 Å². The number of nitrogens with zero attached hydrogens (tertiary/aromatic N) is 5. The van der Waals surface area contributed by atoms with Crippen molar-refractivity contribution in [1.82, 2.24) is 24.3 Å². The number of aryl methyl sites for hydroxylation is 1. The highest BCUT2D eigenvalue weighted by atomic mass is 16.5. The molecule has 0 spiro atoms. The average molecular weight is 337 g/mol. The highest BCUT2D eigenvalue weighted by molar-refractivity contribution is 5.72. The molecule has 0 fully saturated rings. The second-order valence-corrected chi connectivity index (χ2v) is 5.61. The van der Waals surface area contributed by atoms with Crippen molar-refractivity contribution in [2.45, 2.75) is 20.1 Å². The summed E-state index contributed by atoms with van der Waals surface area (Å²) in [6, 6.07) is 9.45. The SMILES string of the molecule is Cc1noc(Cn2ccn3nc(-c4ccccc4)c(CO)c3c2=O)n1. The van der Waals surface area contributed by atoms with Crippen LogP contribution in [0.5, 0.6) is 0 Å². The minimum atomic E-state index is -0.285. The van der Waals surface area contributed by atoms with Crippen LogP contribution >= 0.6 is 0 Å². The molecule has 3 aromatic heterocycles. The predicted octanol–water partition coefficient (Wildman–Crippen LogP) is 1.40. The van der Waals surface area contributed by atoms with Crippen LogP contribution in [0, 0.1) is 6.92 Å². The van der Waals surface area contributed by atoms with E-state index in [0.717, 1.165) is 5.56 Å². The summed E-state index contributed by atoms with van der Waals surface area (Å²) < 4.78 is 8.02. The van der Waals surface area contributed by atoms with Crippen molar-refractivity contribution >= 4 is 5.52 Å². The summed E-state index contributed by atoms with van der Waals surface area (Å²) in [6.45, 7) is 1.59. The maximum absolute atomic E-state index is 12.9. The monoisotopic (exact) mass is 337 g/mol. The molecule has 4 rings (SSSR count). The van der Waals surface area contributed by atoms with Crippen LogP contribution in [0.4, 0.5) is 0 Å². The van der Waals surface area contributed by atoms with Gasteiger partial charge in [0.25, 0.3) is 5.56 Å². The van der Waals surface area contributed by atoms with E-state index in [-0.39, 0.29) is 18.7 Å². The van der Waals surface area contributed by atoms with E-state index in [2.05, 4.69) is 15.2 Å². The number of hydrogen-bond donors (Lipinski definition) is 1. The molecule has 8 heteroatoms. The highest BCUT2D eigenvalue weighted by Crippen LogP contribution is 2.24. The maximum Gasteiger partial charge on any atom is 0.277 e. The molecule has 0 saturated heterocycles. The van der Waals surface area contributed by atoms with Gasteiger partial charge in [-0.1, -0.05) is 35.5 Å². The van der Waals surface area contributed by atoms with E-state index in [1.807, 2.05) is 30.3 Å². The van der Waals surface area contributed by atoms with Crippen molar-refractivity contribution in [3.05, 3.63) is 70.4 Å². The average Bonchev–Trinajstić information content (AvgIpc) is 3.21. The fourth-order valence-corrected chi connectivity index (χ4v) is 2.80. The van der Waals surface area contributed by atoms with Crippen LogP contribution < -0.4 is 5.56 Å². The Bertz CT molecular complexity index is 1090. The number of rotatable bonds is 4. The van der Waals surface area contributed by atoms with Gasteiger partial charge in [0.2, 0.25) is 5.89 Å². The molecule has 1 N–H and O–H groups in total. The zero-order chi connectivity index (χ0) is 17.4. The molecule has 4 aromatic rings. The van der Waals surface area contributed by atoms with Gasteiger partial charge in [-0.3, -0.25) is 4.79 Å². The minimum absolute atomic E-state index is 0.160. The van der Waals surface area contributed by atoms with Crippen LogP contribution in [0.2, 0.25) is 0 Å². The van der Waals surface area contributed by atoms with Gasteiger partial charge in [-0.15, -0.1) is 0 Å². The third-order valence-electron chi connectivity index (χ3n) is 3.94. The van der Waals surface area contributed by atoms with E-state index in [1.54, 1.807) is 19.3 Å². The number of aliphatic hydroxyl groups is 1. The molecule has 8 nitrogen and oxygen atoms in total. The number of fused-ring (bicyclic) bond motifs is 1. The summed E-state index contributed by atoms with van der Waals surface area (Å²) in [7, 11) is 0. The standard InChI is InChI=1S/C17H15N5O3/c1-11-18-14(25-20-11)9-21-7-8-22-16(17(21)24)13(10-23)15(19-22)12-5-3-2-4-6-12/h2-8,23H,9-10H2,1H3. The lowest BCUT2D eigenvalue weighted by Gasteiger charge is -2.03. The van der Waals surface area contributed by atoms with Crippen molar-refractivity contribution in [2.75, 3.05) is 0 Å². The van der Waals surface area contributed by atoms with Crippen LogP contribution in [0.25, 0.3) is 16.8 Å². The van der Waals surface area contributed by atoms with E-state index in [4.69, 9.17) is 4.52 Å². The van der Waals surface area contributed by atoms with Crippen LogP contribution in [0.3, 0.4) is 0 Å². The molecule has 0 atom stereocenters. The van der Waals surface area contributed by atoms with Gasteiger partial charge in [-0.05, 0) is 6.92 Å². The number of hydrogen-bond acceptors (Lipinski definition) is 6. The summed E-state index contributed by atoms with van der Waals surface area (Å²) >= 11 is 0. The van der Waals surface area contributed by atoms with Crippen molar-refractivity contribution in [2.24, 2.45) is 0 Å². The van der Waals surface area contributed by atoms with E-state index < -0.39 is 0 Å². The van der Waals surface area contributed by atoms with Gasteiger partial charge in [0.05, 0.1) is 12.3 Å². The smallest absolute Gasteiger partial charge is 0.277 e. The van der Waals surface area contributed by atoms with Gasteiger partial charge in [-0.25, -0.2) is 4.52 Å². The fourth-order valence-electron chi connectivity index (χ4n) is 2.80. The van der Waals surface area contributed by atoms with Crippen LogP contribution in [-0.2, 0) is 13.2 Å². The third kappa shape index (κ3) is 2.62. The van der Waals surface area contributed by atoms with Gasteiger partial charge >= 0.3 is 0 Å². The Balaban J connectivity index is 1.87. The Morgan fingerprint density at radius 3 is 2.68 bits per heavy atom. The summed E-state index contributed by atoms with van der Waals surface area (Å²) in [6.07, 6.45) is 3.28. The van der Waals surface area contributed by atoms with Crippen molar-refractivity contribution in [1.29, 1.82) is 0 Å². The lowest BCUT2D eigenvalue weighted by Crippen LogP contribution is -2.22. The molecule has 0 aliphatic heterocycles. The Kier molecular flexibility index (Phi) is 3.66. The zero-order valence-electron chi connectivity index (χ0n) is 13.5. The Hall–Kier alpha value is -3.26. The van der Waals surface area contributed by atoms with E-state index in [1.165, 1.54) is 9.08 Å². The first-order valence-electron chi connectivity index (χ1n) is 7.73. The number of aromatic nitrogens is 5. The lowest BCUT2D eigenvalue weighted by molar-refractivity contribution is 0.283. The van der Waals surface area contributed by atoms with E-state index in [0.29, 0.717) is 28.5 Å². The molecule has 0 amide bonds. The number of aliphatic hydroxyl groups excluding tert-OH is 1. The highest BCUT2D eigenvalue weighted by Gasteiger charge is 2.18. The molecular weight excluding hydrogens is 322 g/mol. The van der Waals surface area contributed by atoms with Crippen LogP contribution in [0.15, 0.2) is 52.0 Å². The zero-order valence-corrected chi connectivity index (χ0v) is 13.5. The first kappa shape index (κ1) is 15.3. The quantitative estimate of drug-likeness (QED) is 0.604. The molecule has 0 bridgehead atoms. The van der Waals surface area contributed by atoms with Gasteiger partial charge in [0.1, 0.15) is 12.1 Å². The van der Waals surface area contributed by atoms with Crippen molar-refractivity contribution < 1.29 is 9.63 Å². The molecular formula is C17H15N5O3. The van der Waals surface area contributed by atoms with Crippen LogP contribution in [0.1, 0.15) is 17.3 Å². The second-order valence-electron chi connectivity index (χ2n) is 5.61. The molecule has 0 unspecified atom stereocenters. The first-order valence-corrected chi connectivity index (χ1v) is 7.73. The molecule has 0 aliphatic carbocycles. The van der Waals surface area contributed by atoms with Crippen molar-refractivity contribution in [3.63, 3.8) is 0 Å². The topological polar surface area (TPSA) is 98.5 Å². The normalized spacial score (nSPS) is 11.3. The van der Waals surface area contributed by atoms with E-state index >= 15 is 0 Å². The lowest BCUT2D eigenvalue weighted by atomic mass is 10.1. The van der Waals surface area contributed by atoms with Crippen LogP contribution in [-0.4, -0.2) is 29.4 Å². The summed E-state index contributed by atoms with van der Waals surface area (Å²) in [4.78, 5) is 17.0. The summed E-state index contributed by atoms with van der Waals surface area (Å²) in [5.41, 5.74) is 1.98. The Labute approximate surface area is 142 Å². The maximum atomic E-state index is 12.9. The van der Waals surface area contributed by atoms with Gasteiger partial charge < -0.3 is 14.2 Å². The molecule has 126 valence electrons. The molecule has 0 radical (unpaired) electrons. The van der Waals surface area contributed by atoms with Gasteiger partial charge in [-0.2, -0.15) is 10.1 Å². The molecule has 1 aromatic carbocycles. The molecule has 25 heavy (non-hydrogen) atoms. The fraction of sp³-hybridized carbons (Fsp3) is 0.176. The van der Waals surface area contributed by atoms with Crippen molar-refractivity contribution in [3.8, 4) is 11.3 Å². The molecule has 0 aliphatic rings. The first-order chi connectivity index (χ1) is 12.2. The molecule has 0 saturated carbocycles. The Morgan fingerprint density at radius 1 is 1.20 bits per heavy atom. The minimum Gasteiger partial charge on any atom is -0.392 e. The largest absolute Gasteiger partial charge is 0.392 e. The summed E-state index contributed by atoms with van der Waals surface area (Å²) in [5, 5.41) is 18.0.